The van der Waals surface area contributed by atoms with Gasteiger partial charge in [-0.2, -0.15) is 13.2 Å². The maximum Gasteiger partial charge on any atom is 0.416 e. The maximum atomic E-state index is 14.3. The summed E-state index contributed by atoms with van der Waals surface area (Å²) in [6, 6.07) is 5.35. The molecular weight excluding hydrogens is 342 g/mol. The molecule has 24 heavy (non-hydrogen) atoms. The standard InChI is InChI=1S/C17H19F4NOS/c1-10(11-7-5-6-8-12(11)17(19,20)21)9-13-22-14(23)16(4,24-13)15(2,3)18/h5-8,10H,9H2,1-4H3/t10-,16+/m1/s1. The van der Waals surface area contributed by atoms with Gasteiger partial charge in [0.05, 0.1) is 10.6 Å². The van der Waals surface area contributed by atoms with Gasteiger partial charge in [0.25, 0.3) is 5.91 Å². The van der Waals surface area contributed by atoms with Crippen molar-refractivity contribution in [2.75, 3.05) is 0 Å². The molecule has 0 bridgehead atoms. The van der Waals surface area contributed by atoms with E-state index in [1.807, 2.05) is 0 Å². The second-order valence-corrected chi connectivity index (χ2v) is 8.10. The quantitative estimate of drug-likeness (QED) is 0.674. The van der Waals surface area contributed by atoms with E-state index in [1.165, 1.54) is 32.9 Å². The monoisotopic (exact) mass is 361 g/mol. The minimum absolute atomic E-state index is 0.147. The van der Waals surface area contributed by atoms with E-state index in [4.69, 9.17) is 0 Å². The Bertz CT molecular complexity index is 678. The molecule has 1 aliphatic rings. The number of carbonyl (C=O) groups excluding carboxylic acids is 1. The van der Waals surface area contributed by atoms with Crippen LogP contribution in [-0.2, 0) is 11.0 Å². The predicted molar refractivity (Wildman–Crippen MR) is 88.1 cm³/mol. The topological polar surface area (TPSA) is 29.4 Å². The number of carbonyl (C=O) groups is 1. The normalized spacial score (nSPS) is 23.3. The van der Waals surface area contributed by atoms with Gasteiger partial charge < -0.3 is 0 Å². The number of rotatable bonds is 4. The predicted octanol–water partition coefficient (Wildman–Crippen LogP) is 5.38. The summed E-state index contributed by atoms with van der Waals surface area (Å²) in [5.74, 6) is -1.07. The van der Waals surface area contributed by atoms with E-state index in [1.54, 1.807) is 13.0 Å². The van der Waals surface area contributed by atoms with Crippen LogP contribution >= 0.6 is 11.8 Å². The van der Waals surface area contributed by atoms with Crippen LogP contribution in [0.15, 0.2) is 29.3 Å². The number of alkyl halides is 4. The molecule has 0 saturated carbocycles. The third kappa shape index (κ3) is 3.50. The van der Waals surface area contributed by atoms with Crippen LogP contribution in [0, 0.1) is 0 Å². The largest absolute Gasteiger partial charge is 0.416 e. The molecule has 132 valence electrons. The van der Waals surface area contributed by atoms with Crippen molar-refractivity contribution in [3.63, 3.8) is 0 Å². The molecular formula is C17H19F4NOS. The number of thioether (sulfide) groups is 1. The lowest BCUT2D eigenvalue weighted by Crippen LogP contribution is -2.45. The highest BCUT2D eigenvalue weighted by Crippen LogP contribution is 2.46. The smallest absolute Gasteiger partial charge is 0.271 e. The van der Waals surface area contributed by atoms with E-state index in [9.17, 15) is 22.4 Å². The SMILES string of the molecule is C[C@H](CC1=NC(=O)[C@@](C)(C(C)(C)F)S1)c1ccccc1C(F)(F)F. The summed E-state index contributed by atoms with van der Waals surface area (Å²) in [4.78, 5) is 16.0. The van der Waals surface area contributed by atoms with E-state index in [0.717, 1.165) is 17.8 Å². The lowest BCUT2D eigenvalue weighted by atomic mass is 9.92. The van der Waals surface area contributed by atoms with Crippen molar-refractivity contribution in [1.29, 1.82) is 0 Å². The number of amides is 1. The lowest BCUT2D eigenvalue weighted by molar-refractivity contribution is -0.138. The Morgan fingerprint density at radius 3 is 2.29 bits per heavy atom. The molecule has 1 aromatic carbocycles. The summed E-state index contributed by atoms with van der Waals surface area (Å²) in [7, 11) is 0. The molecule has 0 radical (unpaired) electrons. The van der Waals surface area contributed by atoms with E-state index < -0.39 is 34.0 Å². The maximum absolute atomic E-state index is 14.3. The second kappa shape index (κ2) is 6.17. The van der Waals surface area contributed by atoms with Crippen molar-refractivity contribution in [2.45, 2.75) is 56.6 Å². The number of halogens is 4. The molecule has 0 fully saturated rings. The van der Waals surface area contributed by atoms with Gasteiger partial charge in [-0.1, -0.05) is 36.9 Å². The highest BCUT2D eigenvalue weighted by molar-refractivity contribution is 8.16. The molecule has 0 aromatic heterocycles. The first kappa shape index (κ1) is 19.0. The van der Waals surface area contributed by atoms with Crippen molar-refractivity contribution < 1.29 is 22.4 Å². The molecule has 2 atom stereocenters. The zero-order valence-corrected chi connectivity index (χ0v) is 14.7. The van der Waals surface area contributed by atoms with Crippen molar-refractivity contribution >= 4 is 22.7 Å². The van der Waals surface area contributed by atoms with Crippen molar-refractivity contribution in [3.8, 4) is 0 Å². The van der Waals surface area contributed by atoms with E-state index in [2.05, 4.69) is 4.99 Å². The van der Waals surface area contributed by atoms with Crippen LogP contribution < -0.4 is 0 Å². The molecule has 1 heterocycles. The third-order valence-electron chi connectivity index (χ3n) is 4.37. The Morgan fingerprint density at radius 2 is 1.79 bits per heavy atom. The summed E-state index contributed by atoms with van der Waals surface area (Å²) >= 11 is 1.01. The van der Waals surface area contributed by atoms with Crippen LogP contribution in [0.4, 0.5) is 17.6 Å². The molecule has 7 heteroatoms. The number of aliphatic imine (C=N–C) groups is 1. The molecule has 1 aliphatic heterocycles. The minimum atomic E-state index is -4.44. The average molecular weight is 361 g/mol. The molecule has 0 aliphatic carbocycles. The van der Waals surface area contributed by atoms with E-state index in [-0.39, 0.29) is 12.0 Å². The highest BCUT2D eigenvalue weighted by atomic mass is 32.2. The number of hydrogen-bond acceptors (Lipinski definition) is 2. The lowest BCUT2D eigenvalue weighted by Gasteiger charge is -2.31. The first-order valence-electron chi connectivity index (χ1n) is 7.52. The first-order valence-corrected chi connectivity index (χ1v) is 8.34. The molecule has 1 amide bonds. The minimum Gasteiger partial charge on any atom is -0.271 e. The van der Waals surface area contributed by atoms with Crippen molar-refractivity contribution in [1.82, 2.24) is 0 Å². The van der Waals surface area contributed by atoms with Crippen LogP contribution in [0.25, 0.3) is 0 Å². The Balaban J connectivity index is 2.23. The molecule has 0 unspecified atom stereocenters. The molecule has 0 spiro atoms. The summed E-state index contributed by atoms with van der Waals surface area (Å²) in [5, 5.41) is 0.373. The van der Waals surface area contributed by atoms with Gasteiger partial charge in [0.15, 0.2) is 0 Å². The Labute approximate surface area is 142 Å². The molecule has 2 rings (SSSR count). The Morgan fingerprint density at radius 1 is 1.21 bits per heavy atom. The second-order valence-electron chi connectivity index (χ2n) is 6.61. The fraction of sp³-hybridized carbons (Fsp3) is 0.529. The van der Waals surface area contributed by atoms with Crippen LogP contribution in [-0.4, -0.2) is 21.4 Å². The van der Waals surface area contributed by atoms with Gasteiger partial charge >= 0.3 is 6.18 Å². The highest BCUT2D eigenvalue weighted by Gasteiger charge is 2.53. The van der Waals surface area contributed by atoms with Gasteiger partial charge in [-0.3, -0.25) is 4.79 Å². The van der Waals surface area contributed by atoms with Gasteiger partial charge in [-0.25, -0.2) is 9.38 Å². The third-order valence-corrected chi connectivity index (χ3v) is 5.93. The molecule has 1 aromatic rings. The molecule has 0 saturated heterocycles. The average Bonchev–Trinajstić information content (AvgIpc) is 2.73. The van der Waals surface area contributed by atoms with E-state index in [0.29, 0.717) is 5.04 Å². The number of nitrogens with zero attached hydrogens (tertiary/aromatic N) is 1. The van der Waals surface area contributed by atoms with Crippen molar-refractivity contribution in [2.24, 2.45) is 4.99 Å². The van der Waals surface area contributed by atoms with Crippen LogP contribution in [0.1, 0.15) is 51.2 Å². The molecule has 0 N–H and O–H groups in total. The Hall–Kier alpha value is -1.37. The van der Waals surface area contributed by atoms with Crippen LogP contribution in [0.5, 0.6) is 0 Å². The van der Waals surface area contributed by atoms with Gasteiger partial charge in [0.1, 0.15) is 10.4 Å². The number of benzene rings is 1. The van der Waals surface area contributed by atoms with E-state index >= 15 is 0 Å². The van der Waals surface area contributed by atoms with Crippen molar-refractivity contribution in [3.05, 3.63) is 35.4 Å². The molecule has 2 nitrogen and oxygen atoms in total. The van der Waals surface area contributed by atoms with Crippen LogP contribution in [0.3, 0.4) is 0 Å². The number of hydrogen-bond donors (Lipinski definition) is 0. The summed E-state index contributed by atoms with van der Waals surface area (Å²) in [6.07, 6.45) is -4.28. The van der Waals surface area contributed by atoms with Gasteiger partial charge in [0, 0.05) is 6.42 Å². The first-order chi connectivity index (χ1) is 10.9. The zero-order chi connectivity index (χ0) is 18.3. The zero-order valence-electron chi connectivity index (χ0n) is 13.9. The van der Waals surface area contributed by atoms with Gasteiger partial charge in [-0.05, 0) is 38.3 Å². The summed E-state index contributed by atoms with van der Waals surface area (Å²) in [5.41, 5.74) is -2.33. The van der Waals surface area contributed by atoms with Gasteiger partial charge in [-0.15, -0.1) is 0 Å². The Kier molecular flexibility index (Phi) is 4.87. The summed E-state index contributed by atoms with van der Waals surface area (Å²) < 4.78 is 52.4. The summed E-state index contributed by atoms with van der Waals surface area (Å²) in [6.45, 7) is 5.73. The fourth-order valence-corrected chi connectivity index (χ4v) is 3.85. The fourth-order valence-electron chi connectivity index (χ4n) is 2.54. The van der Waals surface area contributed by atoms with Gasteiger partial charge in [0.2, 0.25) is 0 Å². The van der Waals surface area contributed by atoms with Crippen LogP contribution in [0.2, 0.25) is 0 Å².